The van der Waals surface area contributed by atoms with Crippen molar-refractivity contribution in [2.75, 3.05) is 46.4 Å². The van der Waals surface area contributed by atoms with Crippen molar-refractivity contribution in [1.29, 1.82) is 0 Å². The molecule has 1 aromatic carbocycles. The summed E-state index contributed by atoms with van der Waals surface area (Å²) in [6, 6.07) is 6.02. The molecule has 25 heavy (non-hydrogen) atoms. The normalized spacial score (nSPS) is 23.8. The van der Waals surface area contributed by atoms with E-state index in [-0.39, 0.29) is 17.6 Å². The topological polar surface area (TPSA) is 53.0 Å². The van der Waals surface area contributed by atoms with Crippen LogP contribution < -0.4 is 0 Å². The van der Waals surface area contributed by atoms with Crippen molar-refractivity contribution in [3.63, 3.8) is 0 Å². The Hall–Kier alpha value is -1.50. The van der Waals surface area contributed by atoms with Crippen LogP contribution >= 0.6 is 0 Å². The van der Waals surface area contributed by atoms with Gasteiger partial charge in [0.1, 0.15) is 5.82 Å². The van der Waals surface area contributed by atoms with Gasteiger partial charge in [-0.3, -0.25) is 4.79 Å². The second-order valence-corrected chi connectivity index (χ2v) is 7.14. The number of aliphatic hydroxyl groups is 1. The van der Waals surface area contributed by atoms with Crippen LogP contribution in [0.25, 0.3) is 0 Å². The molecule has 0 aliphatic carbocycles. The summed E-state index contributed by atoms with van der Waals surface area (Å²) in [5.74, 6) is -0.0610. The molecule has 6 heteroatoms. The third kappa shape index (κ3) is 4.19. The molecule has 0 spiro atoms. The van der Waals surface area contributed by atoms with Gasteiger partial charge in [-0.2, -0.15) is 0 Å². The molecule has 5 nitrogen and oxygen atoms in total. The summed E-state index contributed by atoms with van der Waals surface area (Å²) in [5, 5.41) is 10.9. The molecule has 2 saturated heterocycles. The summed E-state index contributed by atoms with van der Waals surface area (Å²) in [7, 11) is 1.69. The van der Waals surface area contributed by atoms with Gasteiger partial charge >= 0.3 is 0 Å². The highest BCUT2D eigenvalue weighted by molar-refractivity contribution is 5.79. The number of carbonyl (C=O) groups is 1. The van der Waals surface area contributed by atoms with Crippen molar-refractivity contribution in [3.8, 4) is 0 Å². The van der Waals surface area contributed by atoms with Gasteiger partial charge in [0.15, 0.2) is 0 Å². The number of hydrogen-bond acceptors (Lipinski definition) is 4. The van der Waals surface area contributed by atoms with Crippen molar-refractivity contribution in [1.82, 2.24) is 9.80 Å². The molecule has 3 rings (SSSR count). The Morgan fingerprint density at radius 1 is 1.28 bits per heavy atom. The minimum atomic E-state index is -0.968. The van der Waals surface area contributed by atoms with Gasteiger partial charge < -0.3 is 19.6 Å². The quantitative estimate of drug-likeness (QED) is 0.877. The highest BCUT2D eigenvalue weighted by Crippen LogP contribution is 2.33. The first kappa shape index (κ1) is 18.3. The van der Waals surface area contributed by atoms with E-state index >= 15 is 0 Å². The molecule has 1 aromatic rings. The molecule has 0 aromatic heterocycles. The van der Waals surface area contributed by atoms with Gasteiger partial charge in [0.25, 0.3) is 0 Å². The van der Waals surface area contributed by atoms with Crippen molar-refractivity contribution in [3.05, 3.63) is 35.6 Å². The number of hydrogen-bond donors (Lipinski definition) is 1. The third-order valence-corrected chi connectivity index (χ3v) is 5.52. The molecular formula is C19H27FN2O3. The predicted octanol–water partition coefficient (Wildman–Crippen LogP) is 1.60. The maximum Gasteiger partial charge on any atom is 0.227 e. The summed E-state index contributed by atoms with van der Waals surface area (Å²) in [6.45, 7) is 4.37. The second-order valence-electron chi connectivity index (χ2n) is 7.14. The Balaban J connectivity index is 1.53. The second kappa shape index (κ2) is 7.81. The zero-order valence-corrected chi connectivity index (χ0v) is 14.8. The van der Waals surface area contributed by atoms with Crippen LogP contribution in [0.3, 0.4) is 0 Å². The van der Waals surface area contributed by atoms with E-state index in [1.165, 1.54) is 12.1 Å². The zero-order valence-electron chi connectivity index (χ0n) is 14.8. The molecule has 2 fully saturated rings. The first-order valence-electron chi connectivity index (χ1n) is 9.00. The number of rotatable bonds is 5. The van der Waals surface area contributed by atoms with Crippen LogP contribution in [-0.2, 0) is 15.1 Å². The molecule has 1 N–H and O–H groups in total. The van der Waals surface area contributed by atoms with Gasteiger partial charge in [0, 0.05) is 33.3 Å². The monoisotopic (exact) mass is 350 g/mol. The van der Waals surface area contributed by atoms with Gasteiger partial charge in [-0.15, -0.1) is 0 Å². The van der Waals surface area contributed by atoms with E-state index < -0.39 is 5.60 Å². The molecule has 1 amide bonds. The van der Waals surface area contributed by atoms with Crippen LogP contribution in [0.2, 0.25) is 0 Å². The minimum absolute atomic E-state index is 0.0499. The first-order valence-corrected chi connectivity index (χ1v) is 9.00. The lowest BCUT2D eigenvalue weighted by atomic mass is 9.84. The molecular weight excluding hydrogens is 323 g/mol. The summed E-state index contributed by atoms with van der Waals surface area (Å²) in [4.78, 5) is 16.9. The lowest BCUT2D eigenvalue weighted by Gasteiger charge is -2.39. The lowest BCUT2D eigenvalue weighted by Crippen LogP contribution is -2.47. The van der Waals surface area contributed by atoms with Gasteiger partial charge in [-0.1, -0.05) is 12.1 Å². The molecule has 2 heterocycles. The number of benzene rings is 1. The number of carbonyl (C=O) groups excluding carboxylic acids is 1. The van der Waals surface area contributed by atoms with Crippen molar-refractivity contribution in [2.45, 2.75) is 24.9 Å². The number of methoxy groups -OCH3 is 1. The van der Waals surface area contributed by atoms with E-state index in [0.29, 0.717) is 32.5 Å². The summed E-state index contributed by atoms with van der Waals surface area (Å²) < 4.78 is 18.2. The van der Waals surface area contributed by atoms with Crippen LogP contribution in [0.15, 0.2) is 24.3 Å². The van der Waals surface area contributed by atoms with Gasteiger partial charge in [-0.25, -0.2) is 4.39 Å². The Kier molecular flexibility index (Phi) is 5.71. The summed E-state index contributed by atoms with van der Waals surface area (Å²) in [6.07, 6.45) is 1.87. The van der Waals surface area contributed by atoms with E-state index in [1.54, 1.807) is 19.2 Å². The summed E-state index contributed by atoms with van der Waals surface area (Å²) in [5.41, 5.74) is -0.238. The van der Waals surface area contributed by atoms with Crippen molar-refractivity contribution < 1.29 is 19.0 Å². The number of likely N-dealkylation sites (tertiary alicyclic amines) is 2. The standard InChI is InChI=1S/C19H27FN2O3/c1-25-13-12-21-9-6-15(14-21)18(23)22-10-7-19(24,8-11-22)16-2-4-17(20)5-3-16/h2-5,15,24H,6-14H2,1H3/t15-/m0/s1. The maximum atomic E-state index is 13.1. The largest absolute Gasteiger partial charge is 0.385 e. The van der Waals surface area contributed by atoms with Gasteiger partial charge in [0.2, 0.25) is 5.91 Å². The molecule has 138 valence electrons. The van der Waals surface area contributed by atoms with Crippen LogP contribution in [0.5, 0.6) is 0 Å². The number of amides is 1. The fraction of sp³-hybridized carbons (Fsp3) is 0.632. The fourth-order valence-corrected chi connectivity index (χ4v) is 3.86. The molecule has 1 atom stereocenters. The van der Waals surface area contributed by atoms with E-state index in [9.17, 15) is 14.3 Å². The van der Waals surface area contributed by atoms with Crippen LogP contribution in [0.1, 0.15) is 24.8 Å². The van der Waals surface area contributed by atoms with Crippen LogP contribution in [0, 0.1) is 11.7 Å². The molecule has 2 aliphatic rings. The van der Waals surface area contributed by atoms with Gasteiger partial charge in [0.05, 0.1) is 18.1 Å². The van der Waals surface area contributed by atoms with Crippen molar-refractivity contribution in [2.24, 2.45) is 5.92 Å². The van der Waals surface area contributed by atoms with Crippen molar-refractivity contribution >= 4 is 5.91 Å². The molecule has 0 saturated carbocycles. The Morgan fingerprint density at radius 2 is 1.96 bits per heavy atom. The number of halogens is 1. The number of piperidine rings is 1. The van der Waals surface area contributed by atoms with Gasteiger partial charge in [-0.05, 0) is 43.5 Å². The predicted molar refractivity (Wildman–Crippen MR) is 92.5 cm³/mol. The highest BCUT2D eigenvalue weighted by atomic mass is 19.1. The molecule has 0 radical (unpaired) electrons. The molecule has 0 unspecified atom stereocenters. The smallest absolute Gasteiger partial charge is 0.227 e. The highest BCUT2D eigenvalue weighted by Gasteiger charge is 2.38. The van der Waals surface area contributed by atoms with E-state index in [1.807, 2.05) is 4.90 Å². The van der Waals surface area contributed by atoms with Crippen LogP contribution in [-0.4, -0.2) is 67.3 Å². The van der Waals surface area contributed by atoms with E-state index in [2.05, 4.69) is 4.90 Å². The van der Waals surface area contributed by atoms with E-state index in [0.717, 1.165) is 31.6 Å². The number of nitrogens with zero attached hydrogens (tertiary/aromatic N) is 2. The molecule has 0 bridgehead atoms. The lowest BCUT2D eigenvalue weighted by molar-refractivity contribution is -0.139. The third-order valence-electron chi connectivity index (χ3n) is 5.52. The fourth-order valence-electron chi connectivity index (χ4n) is 3.86. The zero-order chi connectivity index (χ0) is 17.9. The molecule has 2 aliphatic heterocycles. The first-order chi connectivity index (χ1) is 12.0. The van der Waals surface area contributed by atoms with E-state index in [4.69, 9.17) is 4.74 Å². The summed E-state index contributed by atoms with van der Waals surface area (Å²) >= 11 is 0. The Bertz CT molecular complexity index is 585. The SMILES string of the molecule is COCCN1CC[C@H](C(=O)N2CCC(O)(c3ccc(F)cc3)CC2)C1. The Labute approximate surface area is 148 Å². The average Bonchev–Trinajstić information content (AvgIpc) is 3.09. The average molecular weight is 350 g/mol. The number of ether oxygens (including phenoxy) is 1. The van der Waals surface area contributed by atoms with Crippen LogP contribution in [0.4, 0.5) is 4.39 Å². The maximum absolute atomic E-state index is 13.1. The Morgan fingerprint density at radius 3 is 2.60 bits per heavy atom. The minimum Gasteiger partial charge on any atom is -0.385 e.